The first-order chi connectivity index (χ1) is 13.2. The van der Waals surface area contributed by atoms with E-state index in [2.05, 4.69) is 20.2 Å². The lowest BCUT2D eigenvalue weighted by Gasteiger charge is -2.33. The normalized spacial score (nSPS) is 14.9. The number of oxazole rings is 1. The number of rotatable bonds is 4. The Kier molecular flexibility index (Phi) is 4.87. The van der Waals surface area contributed by atoms with E-state index in [1.54, 1.807) is 13.1 Å². The average Bonchev–Trinajstić information content (AvgIpc) is 3.12. The second-order valence-corrected chi connectivity index (χ2v) is 6.70. The highest BCUT2D eigenvalue weighted by Gasteiger charge is 2.25. The van der Waals surface area contributed by atoms with E-state index in [0.29, 0.717) is 17.3 Å². The summed E-state index contributed by atoms with van der Waals surface area (Å²) in [5.41, 5.74) is 1.21. The van der Waals surface area contributed by atoms with Gasteiger partial charge in [0.25, 0.3) is 5.91 Å². The minimum atomic E-state index is -0.179. The van der Waals surface area contributed by atoms with Gasteiger partial charge in [-0.25, -0.2) is 9.97 Å². The van der Waals surface area contributed by atoms with Gasteiger partial charge in [-0.1, -0.05) is 36.4 Å². The maximum Gasteiger partial charge on any atom is 0.274 e. The zero-order chi connectivity index (χ0) is 18.6. The number of pyridine rings is 1. The molecule has 1 aromatic carbocycles. The third kappa shape index (κ3) is 3.84. The standard InChI is InChI=1S/C21H22N4O2/c1-15-23-19(20(27-15)16-7-3-2-4-8-16)21(26)24-17-10-13-25(14-11-17)18-9-5-6-12-22-18/h2-9,12,17H,10-11,13-14H2,1H3,(H,24,26). The highest BCUT2D eigenvalue weighted by molar-refractivity contribution is 5.97. The van der Waals surface area contributed by atoms with Gasteiger partial charge in [0.1, 0.15) is 5.82 Å². The van der Waals surface area contributed by atoms with Gasteiger partial charge in [-0.05, 0) is 25.0 Å². The van der Waals surface area contributed by atoms with E-state index in [4.69, 9.17) is 4.42 Å². The molecule has 1 aliphatic rings. The number of carbonyl (C=O) groups is 1. The van der Waals surface area contributed by atoms with Gasteiger partial charge in [-0.3, -0.25) is 4.79 Å². The van der Waals surface area contributed by atoms with Crippen LogP contribution < -0.4 is 10.2 Å². The number of nitrogens with one attached hydrogen (secondary N) is 1. The summed E-state index contributed by atoms with van der Waals surface area (Å²) in [7, 11) is 0. The predicted molar refractivity (Wildman–Crippen MR) is 104 cm³/mol. The molecular formula is C21H22N4O2. The molecule has 6 heteroatoms. The van der Waals surface area contributed by atoms with Crippen LogP contribution in [0.3, 0.4) is 0 Å². The van der Waals surface area contributed by atoms with Crippen LogP contribution in [0.25, 0.3) is 11.3 Å². The van der Waals surface area contributed by atoms with Gasteiger partial charge in [0.15, 0.2) is 17.3 Å². The Hall–Kier alpha value is -3.15. The summed E-state index contributed by atoms with van der Waals surface area (Å²) in [4.78, 5) is 23.8. The van der Waals surface area contributed by atoms with E-state index in [1.807, 2.05) is 48.5 Å². The molecule has 0 bridgehead atoms. The van der Waals surface area contributed by atoms with Crippen molar-refractivity contribution >= 4 is 11.7 Å². The van der Waals surface area contributed by atoms with Crippen molar-refractivity contribution in [2.24, 2.45) is 0 Å². The Morgan fingerprint density at radius 2 is 1.85 bits per heavy atom. The highest BCUT2D eigenvalue weighted by atomic mass is 16.4. The monoisotopic (exact) mass is 362 g/mol. The predicted octanol–water partition coefficient (Wildman–Crippen LogP) is 3.44. The molecular weight excluding hydrogens is 340 g/mol. The van der Waals surface area contributed by atoms with Crippen molar-refractivity contribution in [3.8, 4) is 11.3 Å². The third-order valence-electron chi connectivity index (χ3n) is 4.79. The Morgan fingerprint density at radius 1 is 1.11 bits per heavy atom. The number of benzene rings is 1. The van der Waals surface area contributed by atoms with Crippen LogP contribution in [0.4, 0.5) is 5.82 Å². The van der Waals surface area contributed by atoms with Crippen LogP contribution in [-0.4, -0.2) is 35.0 Å². The van der Waals surface area contributed by atoms with Gasteiger partial charge in [0.05, 0.1) is 0 Å². The molecule has 0 atom stereocenters. The first kappa shape index (κ1) is 17.3. The molecule has 0 saturated carbocycles. The molecule has 27 heavy (non-hydrogen) atoms. The van der Waals surface area contributed by atoms with Crippen molar-refractivity contribution in [3.63, 3.8) is 0 Å². The van der Waals surface area contributed by atoms with Crippen LogP contribution in [0, 0.1) is 6.92 Å². The molecule has 0 radical (unpaired) electrons. The first-order valence-corrected chi connectivity index (χ1v) is 9.20. The maximum atomic E-state index is 12.8. The van der Waals surface area contributed by atoms with Crippen molar-refractivity contribution in [3.05, 3.63) is 66.3 Å². The van der Waals surface area contributed by atoms with Crippen LogP contribution in [0.5, 0.6) is 0 Å². The van der Waals surface area contributed by atoms with Gasteiger partial charge in [0.2, 0.25) is 0 Å². The average molecular weight is 362 g/mol. The van der Waals surface area contributed by atoms with E-state index in [0.717, 1.165) is 37.3 Å². The zero-order valence-electron chi connectivity index (χ0n) is 15.3. The number of piperidine rings is 1. The number of hydrogen-bond donors (Lipinski definition) is 1. The van der Waals surface area contributed by atoms with Crippen molar-refractivity contribution in [2.45, 2.75) is 25.8 Å². The fourth-order valence-corrected chi connectivity index (χ4v) is 3.41. The Bertz CT molecular complexity index is 900. The minimum absolute atomic E-state index is 0.123. The van der Waals surface area contributed by atoms with E-state index >= 15 is 0 Å². The molecule has 1 amide bonds. The molecule has 4 rings (SSSR count). The molecule has 3 aromatic rings. The summed E-state index contributed by atoms with van der Waals surface area (Å²) in [6.07, 6.45) is 3.56. The lowest BCUT2D eigenvalue weighted by molar-refractivity contribution is 0.0927. The molecule has 1 saturated heterocycles. The second kappa shape index (κ2) is 7.61. The Balaban J connectivity index is 1.42. The number of hydrogen-bond acceptors (Lipinski definition) is 5. The van der Waals surface area contributed by atoms with Crippen molar-refractivity contribution in [1.82, 2.24) is 15.3 Å². The Morgan fingerprint density at radius 3 is 2.56 bits per heavy atom. The van der Waals surface area contributed by atoms with Gasteiger partial charge in [-0.2, -0.15) is 0 Å². The molecule has 0 aliphatic carbocycles. The molecule has 1 fully saturated rings. The summed E-state index contributed by atoms with van der Waals surface area (Å²) in [6.45, 7) is 3.49. The Labute approximate surface area is 158 Å². The van der Waals surface area contributed by atoms with Crippen LogP contribution in [0.2, 0.25) is 0 Å². The molecule has 6 nitrogen and oxygen atoms in total. The van der Waals surface area contributed by atoms with E-state index in [1.165, 1.54) is 0 Å². The molecule has 3 heterocycles. The van der Waals surface area contributed by atoms with E-state index in [9.17, 15) is 4.79 Å². The lowest BCUT2D eigenvalue weighted by Crippen LogP contribution is -2.45. The van der Waals surface area contributed by atoms with Gasteiger partial charge >= 0.3 is 0 Å². The zero-order valence-corrected chi connectivity index (χ0v) is 15.3. The fraction of sp³-hybridized carbons (Fsp3) is 0.286. The number of aromatic nitrogens is 2. The number of aryl methyl sites for hydroxylation is 1. The lowest BCUT2D eigenvalue weighted by atomic mass is 10.0. The third-order valence-corrected chi connectivity index (χ3v) is 4.79. The van der Waals surface area contributed by atoms with Crippen molar-refractivity contribution in [1.29, 1.82) is 0 Å². The van der Waals surface area contributed by atoms with Gasteiger partial charge < -0.3 is 14.6 Å². The van der Waals surface area contributed by atoms with Crippen molar-refractivity contribution < 1.29 is 9.21 Å². The summed E-state index contributed by atoms with van der Waals surface area (Å²) in [5, 5.41) is 3.12. The minimum Gasteiger partial charge on any atom is -0.440 e. The summed E-state index contributed by atoms with van der Waals surface area (Å²) in [6, 6.07) is 15.7. The van der Waals surface area contributed by atoms with Crippen LogP contribution in [0.1, 0.15) is 29.2 Å². The van der Waals surface area contributed by atoms with Crippen molar-refractivity contribution in [2.75, 3.05) is 18.0 Å². The highest BCUT2D eigenvalue weighted by Crippen LogP contribution is 2.25. The van der Waals surface area contributed by atoms with Crippen LogP contribution in [0.15, 0.2) is 59.1 Å². The van der Waals surface area contributed by atoms with Gasteiger partial charge in [0, 0.05) is 37.8 Å². The number of carbonyl (C=O) groups excluding carboxylic acids is 1. The molecule has 0 spiro atoms. The summed E-state index contributed by atoms with van der Waals surface area (Å²) < 4.78 is 5.70. The molecule has 2 aromatic heterocycles. The smallest absolute Gasteiger partial charge is 0.274 e. The van der Waals surface area contributed by atoms with E-state index in [-0.39, 0.29) is 11.9 Å². The number of nitrogens with zero attached hydrogens (tertiary/aromatic N) is 3. The molecule has 1 aliphatic heterocycles. The van der Waals surface area contributed by atoms with Gasteiger partial charge in [-0.15, -0.1) is 0 Å². The van der Waals surface area contributed by atoms with Crippen LogP contribution >= 0.6 is 0 Å². The first-order valence-electron chi connectivity index (χ1n) is 9.20. The number of anilines is 1. The largest absolute Gasteiger partial charge is 0.440 e. The molecule has 0 unspecified atom stereocenters. The summed E-state index contributed by atoms with van der Waals surface area (Å²) in [5.74, 6) is 1.82. The quantitative estimate of drug-likeness (QED) is 0.770. The SMILES string of the molecule is Cc1nc(C(=O)NC2CCN(c3ccccn3)CC2)c(-c2ccccc2)o1. The molecule has 138 valence electrons. The summed E-state index contributed by atoms with van der Waals surface area (Å²) >= 11 is 0. The number of amides is 1. The topological polar surface area (TPSA) is 71.3 Å². The van der Waals surface area contributed by atoms with E-state index < -0.39 is 0 Å². The molecule has 1 N–H and O–H groups in total. The van der Waals surface area contributed by atoms with Crippen LogP contribution in [-0.2, 0) is 0 Å². The fourth-order valence-electron chi connectivity index (χ4n) is 3.41. The second-order valence-electron chi connectivity index (χ2n) is 6.70. The maximum absolute atomic E-state index is 12.8.